The van der Waals surface area contributed by atoms with Crippen LogP contribution >= 0.6 is 0 Å². The third kappa shape index (κ3) is 4.25. The molecule has 1 aliphatic rings. The minimum absolute atomic E-state index is 0.162. The molecule has 0 unspecified atom stereocenters. The number of nitrogens with zero attached hydrogens (tertiary/aromatic N) is 4. The van der Waals surface area contributed by atoms with Gasteiger partial charge in [0.25, 0.3) is 5.91 Å². The van der Waals surface area contributed by atoms with Crippen molar-refractivity contribution >= 4 is 12.0 Å². The Labute approximate surface area is 179 Å². The Morgan fingerprint density at radius 1 is 1.06 bits per heavy atom. The number of aromatic nitrogens is 2. The summed E-state index contributed by atoms with van der Waals surface area (Å²) in [4.78, 5) is 28.6. The first-order valence-electron chi connectivity index (χ1n) is 10.1. The van der Waals surface area contributed by atoms with E-state index in [2.05, 4.69) is 5.10 Å². The van der Waals surface area contributed by atoms with Crippen LogP contribution in [0.15, 0.2) is 53.1 Å². The molecule has 3 aromatic rings. The van der Waals surface area contributed by atoms with Crippen LogP contribution in [0.4, 0.5) is 4.79 Å². The van der Waals surface area contributed by atoms with Gasteiger partial charge in [0, 0.05) is 32.2 Å². The maximum Gasteiger partial charge on any atom is 0.409 e. The fourth-order valence-corrected chi connectivity index (χ4v) is 3.47. The molecule has 4 rings (SSSR count). The molecule has 2 aromatic heterocycles. The van der Waals surface area contributed by atoms with Crippen LogP contribution in [-0.4, -0.2) is 71.5 Å². The number of ether oxygens (including phenoxy) is 2. The van der Waals surface area contributed by atoms with E-state index < -0.39 is 0 Å². The molecule has 9 heteroatoms. The molecule has 0 atom stereocenters. The Balaban J connectivity index is 1.60. The van der Waals surface area contributed by atoms with E-state index in [4.69, 9.17) is 13.9 Å². The third-order valence-corrected chi connectivity index (χ3v) is 5.11. The summed E-state index contributed by atoms with van der Waals surface area (Å²) in [5.74, 6) is 1.13. The fourth-order valence-electron chi connectivity index (χ4n) is 3.47. The lowest BCUT2D eigenvalue weighted by Crippen LogP contribution is -2.51. The number of hydrogen-bond acceptors (Lipinski definition) is 6. The Morgan fingerprint density at radius 2 is 1.77 bits per heavy atom. The molecule has 0 aliphatic carbocycles. The first-order chi connectivity index (χ1) is 15.1. The van der Waals surface area contributed by atoms with Gasteiger partial charge in [0.2, 0.25) is 0 Å². The van der Waals surface area contributed by atoms with Gasteiger partial charge >= 0.3 is 6.09 Å². The number of methoxy groups -OCH3 is 1. The lowest BCUT2D eigenvalue weighted by atomic mass is 10.2. The Bertz CT molecular complexity index is 1030. The molecule has 1 saturated heterocycles. The molecule has 0 N–H and O–H groups in total. The van der Waals surface area contributed by atoms with Gasteiger partial charge in [-0.1, -0.05) is 0 Å². The maximum absolute atomic E-state index is 13.4. The van der Waals surface area contributed by atoms with Gasteiger partial charge in [-0.25, -0.2) is 9.48 Å². The number of piperazine rings is 1. The molecule has 2 amide bonds. The molecule has 1 aromatic carbocycles. The topological polar surface area (TPSA) is 90.0 Å². The van der Waals surface area contributed by atoms with Gasteiger partial charge in [-0.15, -0.1) is 0 Å². The first kappa shape index (κ1) is 20.5. The van der Waals surface area contributed by atoms with Gasteiger partial charge in [0.05, 0.1) is 25.7 Å². The highest BCUT2D eigenvalue weighted by Gasteiger charge is 2.28. The van der Waals surface area contributed by atoms with Crippen molar-refractivity contribution in [1.82, 2.24) is 19.6 Å². The van der Waals surface area contributed by atoms with Gasteiger partial charge in [-0.05, 0) is 43.3 Å². The molecule has 0 radical (unpaired) electrons. The summed E-state index contributed by atoms with van der Waals surface area (Å²) in [5, 5.41) is 4.61. The molecule has 1 aliphatic heterocycles. The molecule has 9 nitrogen and oxygen atoms in total. The first-order valence-corrected chi connectivity index (χ1v) is 10.1. The molecule has 0 saturated carbocycles. The minimum atomic E-state index is -0.349. The molecule has 0 bridgehead atoms. The Hall–Kier alpha value is -3.75. The zero-order valence-electron chi connectivity index (χ0n) is 17.5. The molecule has 162 valence electrons. The average Bonchev–Trinajstić information content (AvgIpc) is 3.49. The number of carbonyl (C=O) groups excluding carboxylic acids is 2. The predicted molar refractivity (Wildman–Crippen MR) is 112 cm³/mol. The second-order valence-electron chi connectivity index (χ2n) is 6.98. The van der Waals surface area contributed by atoms with Crippen molar-refractivity contribution in [2.75, 3.05) is 39.9 Å². The highest BCUT2D eigenvalue weighted by Crippen LogP contribution is 2.24. The van der Waals surface area contributed by atoms with Crippen LogP contribution in [0.1, 0.15) is 17.4 Å². The summed E-state index contributed by atoms with van der Waals surface area (Å²) in [6, 6.07) is 12.6. The standard InChI is InChI=1S/C22H24N4O5/c1-3-30-22(28)25-12-10-24(11-13-25)21(27)19-15-18(20-5-4-14-31-20)23-26(19)16-6-8-17(29-2)9-7-16/h4-9,14-15H,3,10-13H2,1-2H3. The Kier molecular flexibility index (Phi) is 5.92. The zero-order valence-corrected chi connectivity index (χ0v) is 17.5. The second-order valence-corrected chi connectivity index (χ2v) is 6.98. The lowest BCUT2D eigenvalue weighted by molar-refractivity contribution is 0.0563. The van der Waals surface area contributed by atoms with E-state index >= 15 is 0 Å². The van der Waals surface area contributed by atoms with E-state index in [1.165, 1.54) is 0 Å². The van der Waals surface area contributed by atoms with E-state index in [-0.39, 0.29) is 12.0 Å². The van der Waals surface area contributed by atoms with Crippen LogP contribution < -0.4 is 4.74 Å². The number of benzene rings is 1. The van der Waals surface area contributed by atoms with Crippen molar-refractivity contribution in [2.24, 2.45) is 0 Å². The molecule has 31 heavy (non-hydrogen) atoms. The molecule has 3 heterocycles. The Morgan fingerprint density at radius 3 is 2.39 bits per heavy atom. The smallest absolute Gasteiger partial charge is 0.409 e. The summed E-state index contributed by atoms with van der Waals surface area (Å²) < 4.78 is 17.4. The number of carbonyl (C=O) groups is 2. The number of furan rings is 1. The van der Waals surface area contributed by atoms with Crippen molar-refractivity contribution in [3.8, 4) is 22.9 Å². The summed E-state index contributed by atoms with van der Waals surface area (Å²) >= 11 is 0. The second kappa shape index (κ2) is 8.95. The molecule has 1 fully saturated rings. The minimum Gasteiger partial charge on any atom is -0.497 e. The third-order valence-electron chi connectivity index (χ3n) is 5.11. The number of hydrogen-bond donors (Lipinski definition) is 0. The quantitative estimate of drug-likeness (QED) is 0.625. The highest BCUT2D eigenvalue weighted by atomic mass is 16.6. The maximum atomic E-state index is 13.4. The molecule has 0 spiro atoms. The van der Waals surface area contributed by atoms with Crippen LogP contribution in [0.25, 0.3) is 17.1 Å². The highest BCUT2D eigenvalue weighted by molar-refractivity contribution is 5.94. The van der Waals surface area contributed by atoms with Crippen molar-refractivity contribution in [2.45, 2.75) is 6.92 Å². The van der Waals surface area contributed by atoms with Crippen LogP contribution in [0, 0.1) is 0 Å². The van der Waals surface area contributed by atoms with E-state index in [0.717, 1.165) is 5.69 Å². The summed E-state index contributed by atoms with van der Waals surface area (Å²) in [5.41, 5.74) is 1.71. The van der Waals surface area contributed by atoms with Gasteiger partial charge in [0.1, 0.15) is 17.1 Å². The average molecular weight is 424 g/mol. The van der Waals surface area contributed by atoms with E-state index in [1.807, 2.05) is 24.3 Å². The van der Waals surface area contributed by atoms with Crippen molar-refractivity contribution in [3.05, 3.63) is 54.4 Å². The van der Waals surface area contributed by atoms with Crippen molar-refractivity contribution < 1.29 is 23.5 Å². The number of rotatable bonds is 5. The number of amides is 2. The van der Waals surface area contributed by atoms with Crippen molar-refractivity contribution in [3.63, 3.8) is 0 Å². The van der Waals surface area contributed by atoms with E-state index in [0.29, 0.717) is 55.7 Å². The zero-order chi connectivity index (χ0) is 21.8. The van der Waals surface area contributed by atoms with E-state index in [9.17, 15) is 9.59 Å². The van der Waals surface area contributed by atoms with Gasteiger partial charge < -0.3 is 23.7 Å². The monoisotopic (exact) mass is 424 g/mol. The summed E-state index contributed by atoms with van der Waals surface area (Å²) in [6.45, 7) is 3.78. The predicted octanol–water partition coefficient (Wildman–Crippen LogP) is 3.06. The largest absolute Gasteiger partial charge is 0.497 e. The van der Waals surface area contributed by atoms with Crippen LogP contribution in [0.2, 0.25) is 0 Å². The van der Waals surface area contributed by atoms with Crippen LogP contribution in [0.5, 0.6) is 5.75 Å². The SMILES string of the molecule is CCOC(=O)N1CCN(C(=O)c2cc(-c3ccco3)nn2-c2ccc(OC)cc2)CC1. The summed E-state index contributed by atoms with van der Waals surface area (Å²) in [7, 11) is 1.60. The van der Waals surface area contributed by atoms with Gasteiger partial charge in [-0.2, -0.15) is 5.10 Å². The molecular weight excluding hydrogens is 400 g/mol. The van der Waals surface area contributed by atoms with Crippen molar-refractivity contribution in [1.29, 1.82) is 0 Å². The normalized spacial score (nSPS) is 13.9. The van der Waals surface area contributed by atoms with Gasteiger partial charge in [0.15, 0.2) is 5.76 Å². The lowest BCUT2D eigenvalue weighted by Gasteiger charge is -2.34. The van der Waals surface area contributed by atoms with Crippen LogP contribution in [0.3, 0.4) is 0 Å². The molecular formula is C22H24N4O5. The summed E-state index contributed by atoms with van der Waals surface area (Å²) in [6.07, 6.45) is 1.22. The van der Waals surface area contributed by atoms with Gasteiger partial charge in [-0.3, -0.25) is 4.79 Å². The van der Waals surface area contributed by atoms with E-state index in [1.54, 1.807) is 53.0 Å². The fraction of sp³-hybridized carbons (Fsp3) is 0.318. The van der Waals surface area contributed by atoms with Crippen LogP contribution in [-0.2, 0) is 4.74 Å².